The molecule has 96 valence electrons. The van der Waals surface area contributed by atoms with Crippen molar-refractivity contribution in [1.29, 1.82) is 0 Å². The molecule has 0 aliphatic carbocycles. The van der Waals surface area contributed by atoms with Gasteiger partial charge in [-0.1, -0.05) is 0 Å². The molecule has 6 heteroatoms. The Morgan fingerprint density at radius 2 is 2.00 bits per heavy atom. The number of rotatable bonds is 4. The van der Waals surface area contributed by atoms with Crippen LogP contribution in [0.5, 0.6) is 0 Å². The first kappa shape index (κ1) is 13.8. The molecule has 3 nitrogen and oxygen atoms in total. The first-order valence-electron chi connectivity index (χ1n) is 5.36. The first-order chi connectivity index (χ1) is 7.86. The fraction of sp³-hybridized carbons (Fsp3) is 0.545. The second-order valence-electron chi connectivity index (χ2n) is 3.98. The molecule has 0 radical (unpaired) electrons. The van der Waals surface area contributed by atoms with Crippen LogP contribution in [0.25, 0.3) is 0 Å². The Morgan fingerprint density at radius 1 is 1.35 bits per heavy atom. The van der Waals surface area contributed by atoms with Crippen molar-refractivity contribution < 1.29 is 13.2 Å². The van der Waals surface area contributed by atoms with Crippen molar-refractivity contribution in [2.24, 2.45) is 5.73 Å². The van der Waals surface area contributed by atoms with E-state index in [1.165, 1.54) is 6.07 Å². The summed E-state index contributed by atoms with van der Waals surface area (Å²) in [5, 5.41) is 0. The standard InChI is InChI=1S/C11H16F3N3/c1-8(2)17(6-5-15)10-4-3-9(7-16-10)11(12,13)14/h3-4,7-8H,5-6,15H2,1-2H3. The summed E-state index contributed by atoms with van der Waals surface area (Å²) in [6.45, 7) is 4.88. The average Bonchev–Trinajstić information content (AvgIpc) is 2.24. The molecule has 1 aromatic heterocycles. The number of hydrogen-bond acceptors (Lipinski definition) is 3. The van der Waals surface area contributed by atoms with Gasteiger partial charge in [-0.15, -0.1) is 0 Å². The molecule has 0 unspecified atom stereocenters. The van der Waals surface area contributed by atoms with E-state index in [-0.39, 0.29) is 6.04 Å². The van der Waals surface area contributed by atoms with Gasteiger partial charge in [-0.2, -0.15) is 13.2 Å². The zero-order chi connectivity index (χ0) is 13.1. The minimum Gasteiger partial charge on any atom is -0.353 e. The number of nitrogens with two attached hydrogens (primary N) is 1. The number of pyridine rings is 1. The molecule has 0 saturated carbocycles. The fourth-order valence-corrected chi connectivity index (χ4v) is 1.50. The number of hydrogen-bond donors (Lipinski definition) is 1. The quantitative estimate of drug-likeness (QED) is 0.887. The second-order valence-corrected chi connectivity index (χ2v) is 3.98. The predicted molar refractivity (Wildman–Crippen MR) is 60.8 cm³/mol. The van der Waals surface area contributed by atoms with Crippen LogP contribution < -0.4 is 10.6 Å². The molecule has 1 heterocycles. The van der Waals surface area contributed by atoms with Crippen molar-refractivity contribution in [1.82, 2.24) is 4.98 Å². The van der Waals surface area contributed by atoms with Crippen LogP contribution >= 0.6 is 0 Å². The van der Waals surface area contributed by atoms with E-state index < -0.39 is 11.7 Å². The Morgan fingerprint density at radius 3 is 2.35 bits per heavy atom. The maximum atomic E-state index is 12.4. The molecule has 17 heavy (non-hydrogen) atoms. The van der Waals surface area contributed by atoms with E-state index in [1.54, 1.807) is 0 Å². The third-order valence-corrected chi connectivity index (χ3v) is 2.36. The third-order valence-electron chi connectivity index (χ3n) is 2.36. The van der Waals surface area contributed by atoms with Crippen LogP contribution in [0.1, 0.15) is 19.4 Å². The number of alkyl halides is 3. The van der Waals surface area contributed by atoms with Gasteiger partial charge in [0, 0.05) is 25.3 Å². The number of aromatic nitrogens is 1. The van der Waals surface area contributed by atoms with Crippen LogP contribution in [0, 0.1) is 0 Å². The van der Waals surface area contributed by atoms with Crippen LogP contribution in [0.2, 0.25) is 0 Å². The zero-order valence-electron chi connectivity index (χ0n) is 9.83. The average molecular weight is 247 g/mol. The van der Waals surface area contributed by atoms with Crippen LogP contribution in [0.3, 0.4) is 0 Å². The van der Waals surface area contributed by atoms with Gasteiger partial charge in [-0.3, -0.25) is 0 Å². The van der Waals surface area contributed by atoms with Gasteiger partial charge in [-0.05, 0) is 26.0 Å². The molecule has 0 aliphatic rings. The van der Waals surface area contributed by atoms with Gasteiger partial charge < -0.3 is 10.6 Å². The van der Waals surface area contributed by atoms with E-state index in [4.69, 9.17) is 5.73 Å². The Bertz CT molecular complexity index is 346. The molecular formula is C11H16F3N3. The highest BCUT2D eigenvalue weighted by Crippen LogP contribution is 2.29. The lowest BCUT2D eigenvalue weighted by atomic mass is 10.2. The molecule has 1 aromatic rings. The molecule has 0 amide bonds. The van der Waals surface area contributed by atoms with Crippen molar-refractivity contribution in [3.05, 3.63) is 23.9 Å². The fourth-order valence-electron chi connectivity index (χ4n) is 1.50. The molecular weight excluding hydrogens is 231 g/mol. The third kappa shape index (κ3) is 3.59. The Labute approximate surface area is 98.4 Å². The van der Waals surface area contributed by atoms with Gasteiger partial charge in [0.15, 0.2) is 0 Å². The van der Waals surface area contributed by atoms with Crippen LogP contribution in [0.15, 0.2) is 18.3 Å². The SMILES string of the molecule is CC(C)N(CCN)c1ccc(C(F)(F)F)cn1. The van der Waals surface area contributed by atoms with Crippen molar-refractivity contribution >= 4 is 5.82 Å². The summed E-state index contributed by atoms with van der Waals surface area (Å²) in [4.78, 5) is 5.70. The van der Waals surface area contributed by atoms with E-state index >= 15 is 0 Å². The molecule has 0 atom stereocenters. The predicted octanol–water partition coefficient (Wildman–Crippen LogP) is 2.27. The Balaban J connectivity index is 2.92. The van der Waals surface area contributed by atoms with E-state index in [0.717, 1.165) is 12.3 Å². The summed E-state index contributed by atoms with van der Waals surface area (Å²) >= 11 is 0. The van der Waals surface area contributed by atoms with Crippen LogP contribution in [-0.4, -0.2) is 24.1 Å². The van der Waals surface area contributed by atoms with Crippen LogP contribution in [-0.2, 0) is 6.18 Å². The van der Waals surface area contributed by atoms with Gasteiger partial charge in [-0.25, -0.2) is 4.98 Å². The zero-order valence-corrected chi connectivity index (χ0v) is 9.83. The number of halogens is 3. The lowest BCUT2D eigenvalue weighted by Crippen LogP contribution is -2.36. The van der Waals surface area contributed by atoms with E-state index in [1.807, 2.05) is 18.7 Å². The van der Waals surface area contributed by atoms with Gasteiger partial charge >= 0.3 is 6.18 Å². The highest BCUT2D eigenvalue weighted by atomic mass is 19.4. The summed E-state index contributed by atoms with van der Waals surface area (Å²) in [6, 6.07) is 2.55. The summed E-state index contributed by atoms with van der Waals surface area (Å²) in [5.74, 6) is 0.512. The van der Waals surface area contributed by atoms with Crippen molar-refractivity contribution in [2.45, 2.75) is 26.1 Å². The molecule has 1 rings (SSSR count). The minimum absolute atomic E-state index is 0.141. The van der Waals surface area contributed by atoms with Crippen LogP contribution in [0.4, 0.5) is 19.0 Å². The monoisotopic (exact) mass is 247 g/mol. The smallest absolute Gasteiger partial charge is 0.353 e. The summed E-state index contributed by atoms with van der Waals surface area (Å²) in [7, 11) is 0. The lowest BCUT2D eigenvalue weighted by molar-refractivity contribution is -0.137. The molecule has 0 spiro atoms. The maximum Gasteiger partial charge on any atom is 0.417 e. The maximum absolute atomic E-state index is 12.4. The molecule has 0 fully saturated rings. The van der Waals surface area contributed by atoms with Crippen molar-refractivity contribution in [3.8, 4) is 0 Å². The number of anilines is 1. The molecule has 0 saturated heterocycles. The molecule has 0 aromatic carbocycles. The minimum atomic E-state index is -4.35. The van der Waals surface area contributed by atoms with Gasteiger partial charge in [0.05, 0.1) is 5.56 Å². The van der Waals surface area contributed by atoms with Crippen molar-refractivity contribution in [3.63, 3.8) is 0 Å². The highest BCUT2D eigenvalue weighted by Gasteiger charge is 2.30. The van der Waals surface area contributed by atoms with Gasteiger partial charge in [0.25, 0.3) is 0 Å². The first-order valence-corrected chi connectivity index (χ1v) is 5.36. The van der Waals surface area contributed by atoms with Gasteiger partial charge in [0.1, 0.15) is 5.82 Å². The molecule has 0 bridgehead atoms. The van der Waals surface area contributed by atoms with E-state index in [0.29, 0.717) is 18.9 Å². The highest BCUT2D eigenvalue weighted by molar-refractivity contribution is 5.40. The largest absolute Gasteiger partial charge is 0.417 e. The van der Waals surface area contributed by atoms with E-state index in [2.05, 4.69) is 4.98 Å². The Kier molecular flexibility index (Phi) is 4.34. The normalized spacial score (nSPS) is 11.9. The summed E-state index contributed by atoms with van der Waals surface area (Å²) in [5.41, 5.74) is 4.72. The Hall–Kier alpha value is -1.30. The number of nitrogens with zero attached hydrogens (tertiary/aromatic N) is 2. The lowest BCUT2D eigenvalue weighted by Gasteiger charge is -2.27. The topological polar surface area (TPSA) is 42.1 Å². The second kappa shape index (κ2) is 5.35. The summed E-state index contributed by atoms with van der Waals surface area (Å²) < 4.78 is 37.1. The summed E-state index contributed by atoms with van der Waals surface area (Å²) in [6.07, 6.45) is -3.50. The molecule has 2 N–H and O–H groups in total. The van der Waals surface area contributed by atoms with Gasteiger partial charge in [0.2, 0.25) is 0 Å². The van der Waals surface area contributed by atoms with E-state index in [9.17, 15) is 13.2 Å². The van der Waals surface area contributed by atoms with Crippen molar-refractivity contribution in [2.75, 3.05) is 18.0 Å². The molecule has 0 aliphatic heterocycles.